The van der Waals surface area contributed by atoms with Crippen LogP contribution >= 0.6 is 0 Å². The van der Waals surface area contributed by atoms with Gasteiger partial charge in [-0.2, -0.15) is 0 Å². The Bertz CT molecular complexity index is 1040. The summed E-state index contributed by atoms with van der Waals surface area (Å²) >= 11 is 0. The number of benzene rings is 3. The summed E-state index contributed by atoms with van der Waals surface area (Å²) in [6.45, 7) is 2.44. The lowest BCUT2D eigenvalue weighted by atomic mass is 10.1. The molecule has 0 heterocycles. The molecule has 0 saturated carbocycles. The van der Waals surface area contributed by atoms with Crippen LogP contribution in [0.15, 0.2) is 84.9 Å². The number of nitrogens with one attached hydrogen (secondary N) is 1. The first-order valence-electron chi connectivity index (χ1n) is 10.0. The fourth-order valence-electron chi connectivity index (χ4n) is 3.03. The zero-order valence-corrected chi connectivity index (χ0v) is 17.3. The normalized spacial score (nSPS) is 11.8. The van der Waals surface area contributed by atoms with Crippen LogP contribution in [-0.2, 0) is 22.6 Å². The van der Waals surface area contributed by atoms with Gasteiger partial charge in [-0.05, 0) is 30.2 Å². The Kier molecular flexibility index (Phi) is 7.60. The third-order valence-electron chi connectivity index (χ3n) is 4.75. The Morgan fingerprint density at radius 2 is 1.61 bits per heavy atom. The van der Waals surface area contributed by atoms with Crippen molar-refractivity contribution in [2.45, 2.75) is 26.0 Å². The standard InChI is InChI=1S/C26H25NO4/c1-19-11-13-21(14-12-19)18-31-24-10-6-5-9-22(24)15-16-25(28)27-23(26(29)30)17-20-7-3-2-4-8-20/h2-16,23H,17-18H2,1H3,(H,27,28)(H,29,30)/b16-15+/t23-/m1/s1. The summed E-state index contributed by atoms with van der Waals surface area (Å²) < 4.78 is 5.92. The first-order chi connectivity index (χ1) is 15.0. The van der Waals surface area contributed by atoms with Crippen molar-refractivity contribution in [3.8, 4) is 5.75 Å². The minimum Gasteiger partial charge on any atom is -0.488 e. The molecule has 0 spiro atoms. The molecule has 3 aromatic rings. The molecule has 0 fully saturated rings. The molecule has 3 aromatic carbocycles. The molecular weight excluding hydrogens is 390 g/mol. The van der Waals surface area contributed by atoms with Crippen molar-refractivity contribution in [2.24, 2.45) is 0 Å². The van der Waals surface area contributed by atoms with Gasteiger partial charge < -0.3 is 15.2 Å². The van der Waals surface area contributed by atoms with Gasteiger partial charge in [0.1, 0.15) is 18.4 Å². The number of amides is 1. The number of para-hydroxylation sites is 1. The molecule has 0 saturated heterocycles. The number of hydrogen-bond donors (Lipinski definition) is 2. The maximum Gasteiger partial charge on any atom is 0.326 e. The van der Waals surface area contributed by atoms with Crippen LogP contribution in [0.25, 0.3) is 6.08 Å². The van der Waals surface area contributed by atoms with Crippen LogP contribution in [0.1, 0.15) is 22.3 Å². The second kappa shape index (κ2) is 10.8. The summed E-state index contributed by atoms with van der Waals surface area (Å²) in [7, 11) is 0. The predicted octanol–water partition coefficient (Wildman–Crippen LogP) is 4.40. The second-order valence-electron chi connectivity index (χ2n) is 7.23. The maximum absolute atomic E-state index is 12.3. The van der Waals surface area contributed by atoms with Gasteiger partial charge in [-0.3, -0.25) is 4.79 Å². The Morgan fingerprint density at radius 1 is 0.935 bits per heavy atom. The topological polar surface area (TPSA) is 75.6 Å². The van der Waals surface area contributed by atoms with Gasteiger partial charge in [-0.25, -0.2) is 4.79 Å². The van der Waals surface area contributed by atoms with E-state index in [1.165, 1.54) is 11.6 Å². The van der Waals surface area contributed by atoms with Crippen LogP contribution in [0.3, 0.4) is 0 Å². The highest BCUT2D eigenvalue weighted by Gasteiger charge is 2.19. The highest BCUT2D eigenvalue weighted by molar-refractivity contribution is 5.94. The lowest BCUT2D eigenvalue weighted by Gasteiger charge is -2.13. The number of aliphatic carboxylic acids is 1. The summed E-state index contributed by atoms with van der Waals surface area (Å²) in [6, 6.07) is 23.7. The largest absolute Gasteiger partial charge is 0.488 e. The van der Waals surface area contributed by atoms with E-state index in [9.17, 15) is 14.7 Å². The van der Waals surface area contributed by atoms with Crippen LogP contribution in [0.4, 0.5) is 0 Å². The Balaban J connectivity index is 1.63. The average molecular weight is 415 g/mol. The van der Waals surface area contributed by atoms with Gasteiger partial charge in [-0.1, -0.05) is 78.4 Å². The summed E-state index contributed by atoms with van der Waals surface area (Å²) in [6.07, 6.45) is 3.17. The zero-order chi connectivity index (χ0) is 22.1. The molecule has 0 aromatic heterocycles. The first kappa shape index (κ1) is 21.8. The van der Waals surface area contributed by atoms with Crippen molar-refractivity contribution in [1.29, 1.82) is 0 Å². The molecule has 1 atom stereocenters. The molecule has 0 unspecified atom stereocenters. The Labute approximate surface area is 182 Å². The molecule has 158 valence electrons. The van der Waals surface area contributed by atoms with Gasteiger partial charge in [0.25, 0.3) is 0 Å². The number of rotatable bonds is 9. The summed E-state index contributed by atoms with van der Waals surface area (Å²) in [5, 5.41) is 12.0. The van der Waals surface area contributed by atoms with Gasteiger partial charge in [-0.15, -0.1) is 0 Å². The molecule has 2 N–H and O–H groups in total. The average Bonchev–Trinajstić information content (AvgIpc) is 2.78. The van der Waals surface area contributed by atoms with Crippen LogP contribution in [0, 0.1) is 6.92 Å². The molecule has 1 amide bonds. The number of carboxylic acid groups (broad SMARTS) is 1. The van der Waals surface area contributed by atoms with Gasteiger partial charge in [0.05, 0.1) is 0 Å². The SMILES string of the molecule is Cc1ccc(COc2ccccc2/C=C/C(=O)N[C@H](Cc2ccccc2)C(=O)O)cc1. The predicted molar refractivity (Wildman–Crippen MR) is 121 cm³/mol. The molecule has 0 aliphatic carbocycles. The first-order valence-corrected chi connectivity index (χ1v) is 10.0. The lowest BCUT2D eigenvalue weighted by Crippen LogP contribution is -2.41. The zero-order valence-electron chi connectivity index (χ0n) is 17.3. The molecule has 5 heteroatoms. The number of ether oxygens (including phenoxy) is 1. The monoisotopic (exact) mass is 415 g/mol. The summed E-state index contributed by atoms with van der Waals surface area (Å²) in [5.41, 5.74) is 3.81. The molecule has 0 aliphatic rings. The highest BCUT2D eigenvalue weighted by Crippen LogP contribution is 2.21. The van der Waals surface area contributed by atoms with E-state index in [2.05, 4.69) is 5.32 Å². The molecule has 5 nitrogen and oxygen atoms in total. The molecule has 31 heavy (non-hydrogen) atoms. The van der Waals surface area contributed by atoms with Gasteiger partial charge in [0, 0.05) is 18.1 Å². The van der Waals surface area contributed by atoms with E-state index < -0.39 is 17.9 Å². The summed E-state index contributed by atoms with van der Waals surface area (Å²) in [5.74, 6) is -0.907. The van der Waals surface area contributed by atoms with Crippen LogP contribution in [0.5, 0.6) is 5.75 Å². The molecule has 3 rings (SSSR count). The van der Waals surface area contributed by atoms with E-state index in [-0.39, 0.29) is 6.42 Å². The van der Waals surface area contributed by atoms with E-state index >= 15 is 0 Å². The summed E-state index contributed by atoms with van der Waals surface area (Å²) in [4.78, 5) is 23.9. The number of hydrogen-bond acceptors (Lipinski definition) is 3. The van der Waals surface area contributed by atoms with Gasteiger partial charge in [0.15, 0.2) is 0 Å². The number of aryl methyl sites for hydroxylation is 1. The van der Waals surface area contributed by atoms with E-state index in [0.29, 0.717) is 12.4 Å². The molecule has 0 radical (unpaired) electrons. The Hall–Kier alpha value is -3.86. The van der Waals surface area contributed by atoms with Crippen LogP contribution in [-0.4, -0.2) is 23.0 Å². The van der Waals surface area contributed by atoms with E-state index in [1.807, 2.05) is 85.8 Å². The van der Waals surface area contributed by atoms with Gasteiger partial charge in [0.2, 0.25) is 5.91 Å². The number of carboxylic acids is 1. The quantitative estimate of drug-likeness (QED) is 0.508. The smallest absolute Gasteiger partial charge is 0.326 e. The van der Waals surface area contributed by atoms with Crippen molar-refractivity contribution in [1.82, 2.24) is 5.32 Å². The third kappa shape index (κ3) is 6.85. The van der Waals surface area contributed by atoms with Crippen LogP contribution in [0.2, 0.25) is 0 Å². The van der Waals surface area contributed by atoms with E-state index in [4.69, 9.17) is 4.74 Å². The molecule has 0 bridgehead atoms. The highest BCUT2D eigenvalue weighted by atomic mass is 16.5. The van der Waals surface area contributed by atoms with Crippen LogP contribution < -0.4 is 10.1 Å². The molecular formula is C26H25NO4. The second-order valence-corrected chi connectivity index (χ2v) is 7.23. The van der Waals surface area contributed by atoms with Crippen molar-refractivity contribution < 1.29 is 19.4 Å². The molecule has 0 aliphatic heterocycles. The third-order valence-corrected chi connectivity index (χ3v) is 4.75. The van der Waals surface area contributed by atoms with Gasteiger partial charge >= 0.3 is 5.97 Å². The minimum absolute atomic E-state index is 0.214. The van der Waals surface area contributed by atoms with Crippen molar-refractivity contribution in [2.75, 3.05) is 0 Å². The minimum atomic E-state index is -1.08. The lowest BCUT2D eigenvalue weighted by molar-refractivity contribution is -0.141. The number of carbonyl (C=O) groups is 2. The van der Waals surface area contributed by atoms with Crippen molar-refractivity contribution in [3.63, 3.8) is 0 Å². The maximum atomic E-state index is 12.3. The van der Waals surface area contributed by atoms with Crippen molar-refractivity contribution in [3.05, 3.63) is 107 Å². The number of carbonyl (C=O) groups excluding carboxylic acids is 1. The van der Waals surface area contributed by atoms with E-state index in [1.54, 1.807) is 6.08 Å². The van der Waals surface area contributed by atoms with Crippen molar-refractivity contribution >= 4 is 18.0 Å². The fourth-order valence-corrected chi connectivity index (χ4v) is 3.03. The van der Waals surface area contributed by atoms with E-state index in [0.717, 1.165) is 16.7 Å². The fraction of sp³-hybridized carbons (Fsp3) is 0.154. The Morgan fingerprint density at radius 3 is 2.32 bits per heavy atom.